The minimum atomic E-state index is -3.63. The van der Waals surface area contributed by atoms with E-state index in [-0.39, 0.29) is 17.5 Å². The van der Waals surface area contributed by atoms with Crippen molar-refractivity contribution in [3.63, 3.8) is 0 Å². The van der Waals surface area contributed by atoms with Gasteiger partial charge in [-0.25, -0.2) is 13.1 Å². The minimum Gasteiger partial charge on any atom is -0.295 e. The van der Waals surface area contributed by atoms with E-state index in [1.807, 2.05) is 31.2 Å². The second kappa shape index (κ2) is 8.08. The third-order valence-corrected chi connectivity index (χ3v) is 6.70. The molecule has 1 N–H and O–H groups in total. The van der Waals surface area contributed by atoms with Crippen molar-refractivity contribution in [2.45, 2.75) is 44.2 Å². The molecule has 0 spiro atoms. The van der Waals surface area contributed by atoms with Crippen LogP contribution in [0.3, 0.4) is 0 Å². The molecule has 142 valence electrons. The lowest BCUT2D eigenvalue weighted by atomic mass is 10.1. The summed E-state index contributed by atoms with van der Waals surface area (Å²) in [7, 11) is -3.63. The molecule has 0 radical (unpaired) electrons. The molecule has 0 unspecified atom stereocenters. The Morgan fingerprint density at radius 3 is 2.58 bits per heavy atom. The molecular formula is C18H25ClN4O2S. The van der Waals surface area contributed by atoms with Gasteiger partial charge in [-0.15, -0.1) is 0 Å². The fourth-order valence-electron chi connectivity index (χ4n) is 3.43. The third kappa shape index (κ3) is 4.11. The predicted octanol–water partition coefficient (Wildman–Crippen LogP) is 2.98. The van der Waals surface area contributed by atoms with Crippen LogP contribution in [0.4, 0.5) is 0 Å². The van der Waals surface area contributed by atoms with Crippen molar-refractivity contribution in [1.29, 1.82) is 0 Å². The highest BCUT2D eigenvalue weighted by molar-refractivity contribution is 7.89. The molecule has 1 aliphatic heterocycles. The first-order valence-corrected chi connectivity index (χ1v) is 10.8. The lowest BCUT2D eigenvalue weighted by Gasteiger charge is -2.28. The van der Waals surface area contributed by atoms with Gasteiger partial charge in [0.05, 0.1) is 5.69 Å². The number of nitrogens with one attached hydrogen (secondary N) is 1. The molecule has 2 aromatic rings. The van der Waals surface area contributed by atoms with Gasteiger partial charge in [0.25, 0.3) is 0 Å². The molecule has 0 amide bonds. The van der Waals surface area contributed by atoms with Crippen LogP contribution >= 0.6 is 11.6 Å². The summed E-state index contributed by atoms with van der Waals surface area (Å²) in [6, 6.07) is 7.57. The number of benzene rings is 1. The fourth-order valence-corrected chi connectivity index (χ4v) is 4.91. The largest absolute Gasteiger partial charge is 0.295 e. The van der Waals surface area contributed by atoms with Crippen molar-refractivity contribution >= 4 is 21.6 Å². The number of aryl methyl sites for hydroxylation is 2. The van der Waals surface area contributed by atoms with Crippen molar-refractivity contribution in [3.05, 3.63) is 46.7 Å². The standard InChI is InChI=1S/C18H25ClN4O2S/c1-3-23-13-18(14(2)21-23)26(24,25)20-12-17(22-10-6-7-11-22)15-8-4-5-9-16(15)19/h4-5,8-9,13,17,20H,3,6-7,10-12H2,1-2H3/t17-/m0/s1. The number of halogens is 1. The average molecular weight is 397 g/mol. The second-order valence-corrected chi connectivity index (χ2v) is 8.71. The number of likely N-dealkylation sites (tertiary alicyclic amines) is 1. The summed E-state index contributed by atoms with van der Waals surface area (Å²) in [5.74, 6) is 0. The molecule has 1 fully saturated rings. The number of nitrogens with zero attached hydrogens (tertiary/aromatic N) is 3. The third-order valence-electron chi connectivity index (χ3n) is 4.83. The van der Waals surface area contributed by atoms with E-state index in [9.17, 15) is 8.42 Å². The van der Waals surface area contributed by atoms with Gasteiger partial charge < -0.3 is 0 Å². The van der Waals surface area contributed by atoms with E-state index in [0.29, 0.717) is 17.3 Å². The highest BCUT2D eigenvalue weighted by Gasteiger charge is 2.28. The van der Waals surface area contributed by atoms with Gasteiger partial charge in [-0.2, -0.15) is 5.10 Å². The molecule has 1 aromatic carbocycles. The Kier molecular flexibility index (Phi) is 6.02. The highest BCUT2D eigenvalue weighted by atomic mass is 35.5. The van der Waals surface area contributed by atoms with E-state index >= 15 is 0 Å². The molecular weight excluding hydrogens is 372 g/mol. The first-order chi connectivity index (χ1) is 12.4. The van der Waals surface area contributed by atoms with Crippen LogP contribution in [0.5, 0.6) is 0 Å². The van der Waals surface area contributed by atoms with Crippen LogP contribution < -0.4 is 4.72 Å². The summed E-state index contributed by atoms with van der Waals surface area (Å²) in [5, 5.41) is 4.90. The lowest BCUT2D eigenvalue weighted by Crippen LogP contribution is -2.37. The molecule has 8 heteroatoms. The molecule has 2 heterocycles. The molecule has 26 heavy (non-hydrogen) atoms. The smallest absolute Gasteiger partial charge is 0.244 e. The van der Waals surface area contributed by atoms with E-state index in [0.717, 1.165) is 31.5 Å². The van der Waals surface area contributed by atoms with Gasteiger partial charge in [0.2, 0.25) is 10.0 Å². The maximum absolute atomic E-state index is 12.8. The van der Waals surface area contributed by atoms with Crippen LogP contribution in [-0.4, -0.2) is 42.7 Å². The van der Waals surface area contributed by atoms with Gasteiger partial charge in [0, 0.05) is 30.4 Å². The van der Waals surface area contributed by atoms with Gasteiger partial charge in [-0.1, -0.05) is 29.8 Å². The number of hydrogen-bond acceptors (Lipinski definition) is 4. The van der Waals surface area contributed by atoms with Crippen LogP contribution in [0, 0.1) is 6.92 Å². The molecule has 0 saturated carbocycles. The number of hydrogen-bond donors (Lipinski definition) is 1. The zero-order valence-electron chi connectivity index (χ0n) is 15.2. The predicted molar refractivity (Wildman–Crippen MR) is 103 cm³/mol. The number of rotatable bonds is 7. The summed E-state index contributed by atoms with van der Waals surface area (Å²) < 4.78 is 30.0. The van der Waals surface area contributed by atoms with Crippen molar-refractivity contribution < 1.29 is 8.42 Å². The second-order valence-electron chi connectivity index (χ2n) is 6.57. The van der Waals surface area contributed by atoms with Gasteiger partial charge in [-0.05, 0) is 51.4 Å². The zero-order chi connectivity index (χ0) is 18.7. The molecule has 1 aliphatic rings. The molecule has 0 aliphatic carbocycles. The van der Waals surface area contributed by atoms with Crippen LogP contribution in [-0.2, 0) is 16.6 Å². The van der Waals surface area contributed by atoms with Gasteiger partial charge in [-0.3, -0.25) is 9.58 Å². The van der Waals surface area contributed by atoms with Crippen LogP contribution in [0.2, 0.25) is 5.02 Å². The van der Waals surface area contributed by atoms with Crippen molar-refractivity contribution in [2.24, 2.45) is 0 Å². The average Bonchev–Trinajstić information content (AvgIpc) is 3.26. The maximum atomic E-state index is 12.8. The van der Waals surface area contributed by atoms with Crippen molar-refractivity contribution in [1.82, 2.24) is 19.4 Å². The normalized spacial score (nSPS) is 16.9. The summed E-state index contributed by atoms with van der Waals surface area (Å²) in [6.07, 6.45) is 3.82. The number of aromatic nitrogens is 2. The summed E-state index contributed by atoms with van der Waals surface area (Å²) in [4.78, 5) is 2.53. The van der Waals surface area contributed by atoms with E-state index in [1.54, 1.807) is 17.8 Å². The fraction of sp³-hybridized carbons (Fsp3) is 0.500. The zero-order valence-corrected chi connectivity index (χ0v) is 16.7. The van der Waals surface area contributed by atoms with E-state index in [2.05, 4.69) is 14.7 Å². The molecule has 1 saturated heterocycles. The van der Waals surface area contributed by atoms with Crippen LogP contribution in [0.15, 0.2) is 35.4 Å². The lowest BCUT2D eigenvalue weighted by molar-refractivity contribution is 0.246. The first kappa shape index (κ1) is 19.4. The topological polar surface area (TPSA) is 67.2 Å². The Morgan fingerprint density at radius 2 is 1.96 bits per heavy atom. The molecule has 6 nitrogen and oxygen atoms in total. The SMILES string of the molecule is CCn1cc(S(=O)(=O)NC[C@@H](c2ccccc2Cl)N2CCCC2)c(C)n1. The monoisotopic (exact) mass is 396 g/mol. The molecule has 3 rings (SSSR count). The quantitative estimate of drug-likeness (QED) is 0.781. The van der Waals surface area contributed by atoms with Gasteiger partial charge in [0.15, 0.2) is 0 Å². The summed E-state index contributed by atoms with van der Waals surface area (Å²) in [6.45, 7) is 6.45. The summed E-state index contributed by atoms with van der Waals surface area (Å²) in [5.41, 5.74) is 1.47. The van der Waals surface area contributed by atoms with Crippen LogP contribution in [0.25, 0.3) is 0 Å². The Bertz CT molecular complexity index is 860. The Morgan fingerprint density at radius 1 is 1.27 bits per heavy atom. The summed E-state index contributed by atoms with van der Waals surface area (Å²) >= 11 is 6.39. The first-order valence-electron chi connectivity index (χ1n) is 8.94. The van der Waals surface area contributed by atoms with Crippen LogP contribution in [0.1, 0.15) is 37.1 Å². The van der Waals surface area contributed by atoms with Crippen molar-refractivity contribution in [2.75, 3.05) is 19.6 Å². The van der Waals surface area contributed by atoms with Gasteiger partial charge >= 0.3 is 0 Å². The minimum absolute atomic E-state index is 0.0810. The van der Waals surface area contributed by atoms with E-state index in [4.69, 9.17) is 11.6 Å². The maximum Gasteiger partial charge on any atom is 0.244 e. The Balaban J connectivity index is 1.83. The molecule has 1 atom stereocenters. The van der Waals surface area contributed by atoms with E-state index in [1.165, 1.54) is 0 Å². The number of sulfonamides is 1. The highest BCUT2D eigenvalue weighted by Crippen LogP contribution is 2.30. The van der Waals surface area contributed by atoms with Crippen molar-refractivity contribution in [3.8, 4) is 0 Å². The molecule has 1 aromatic heterocycles. The van der Waals surface area contributed by atoms with E-state index < -0.39 is 10.0 Å². The van der Waals surface area contributed by atoms with Gasteiger partial charge in [0.1, 0.15) is 4.90 Å². The molecule has 0 bridgehead atoms. The Labute approximate surface area is 160 Å². The Hall–Kier alpha value is -1.41.